The molecule has 1 aliphatic heterocycles. The van der Waals surface area contributed by atoms with E-state index in [1.165, 1.54) is 10.7 Å². The van der Waals surface area contributed by atoms with E-state index in [2.05, 4.69) is 20.4 Å². The van der Waals surface area contributed by atoms with Crippen molar-refractivity contribution in [3.8, 4) is 11.4 Å². The van der Waals surface area contributed by atoms with E-state index in [1.807, 2.05) is 29.2 Å². The van der Waals surface area contributed by atoms with Gasteiger partial charge in [0, 0.05) is 38.7 Å². The van der Waals surface area contributed by atoms with Gasteiger partial charge in [-0.3, -0.25) is 9.69 Å². The van der Waals surface area contributed by atoms with Crippen LogP contribution < -0.4 is 4.74 Å². The molecule has 10 heteroatoms. The molecule has 0 spiro atoms. The third-order valence-corrected chi connectivity index (χ3v) is 5.56. The van der Waals surface area contributed by atoms with Crippen LogP contribution in [0.25, 0.3) is 5.69 Å². The van der Waals surface area contributed by atoms with E-state index in [1.54, 1.807) is 7.11 Å². The Kier molecular flexibility index (Phi) is 6.69. The molecule has 1 fully saturated rings. The monoisotopic (exact) mass is 442 g/mol. The zero-order valence-corrected chi connectivity index (χ0v) is 17.7. The lowest BCUT2D eigenvalue weighted by Gasteiger charge is -2.34. The number of nitrogens with zero attached hydrogens (tertiary/aromatic N) is 6. The lowest BCUT2D eigenvalue weighted by atomic mass is 10.1. The predicted molar refractivity (Wildman–Crippen MR) is 112 cm³/mol. The van der Waals surface area contributed by atoms with Crippen LogP contribution >= 0.6 is 0 Å². The van der Waals surface area contributed by atoms with Crippen LogP contribution in [0.4, 0.5) is 8.78 Å². The van der Waals surface area contributed by atoms with Gasteiger partial charge in [-0.25, -0.2) is 8.78 Å². The minimum absolute atomic E-state index is 0.132. The highest BCUT2D eigenvalue weighted by Crippen LogP contribution is 2.16. The van der Waals surface area contributed by atoms with Crippen LogP contribution in [0.3, 0.4) is 0 Å². The molecule has 2 heterocycles. The first-order valence-electron chi connectivity index (χ1n) is 10.4. The summed E-state index contributed by atoms with van der Waals surface area (Å²) in [5.74, 6) is -0.420. The van der Waals surface area contributed by atoms with Crippen molar-refractivity contribution in [3.05, 3.63) is 65.5 Å². The number of halogens is 2. The fourth-order valence-electron chi connectivity index (χ4n) is 3.68. The predicted octanol–water partition coefficient (Wildman–Crippen LogP) is 2.23. The Morgan fingerprint density at radius 2 is 1.78 bits per heavy atom. The highest BCUT2D eigenvalue weighted by Gasteiger charge is 2.23. The minimum atomic E-state index is -0.953. The first-order chi connectivity index (χ1) is 15.5. The van der Waals surface area contributed by atoms with Gasteiger partial charge in [0.05, 0.1) is 19.3 Å². The maximum Gasteiger partial charge on any atom is 0.222 e. The summed E-state index contributed by atoms with van der Waals surface area (Å²) in [6.45, 7) is 3.04. The van der Waals surface area contributed by atoms with Crippen molar-refractivity contribution >= 4 is 5.91 Å². The van der Waals surface area contributed by atoms with Crippen LogP contribution in [0.2, 0.25) is 0 Å². The Morgan fingerprint density at radius 3 is 2.47 bits per heavy atom. The van der Waals surface area contributed by atoms with Crippen molar-refractivity contribution in [2.45, 2.75) is 19.4 Å². The molecule has 0 bridgehead atoms. The summed E-state index contributed by atoms with van der Waals surface area (Å²) in [6.07, 6.45) is 1.15. The highest BCUT2D eigenvalue weighted by atomic mass is 19.2. The number of benzene rings is 2. The van der Waals surface area contributed by atoms with Crippen molar-refractivity contribution in [3.63, 3.8) is 0 Å². The lowest BCUT2D eigenvalue weighted by Crippen LogP contribution is -2.48. The SMILES string of the molecule is COc1ccc(CCC(=O)N2CCN(Cc3nnnn3-c3ccc(F)c(F)c3)CC2)cc1. The summed E-state index contributed by atoms with van der Waals surface area (Å²) in [5.41, 5.74) is 1.46. The number of aryl methyl sites for hydroxylation is 1. The Morgan fingerprint density at radius 1 is 1.03 bits per heavy atom. The van der Waals surface area contributed by atoms with Crippen molar-refractivity contribution in [2.24, 2.45) is 0 Å². The molecule has 0 radical (unpaired) electrons. The standard InChI is InChI=1S/C22H24F2N6O2/c1-32-18-6-2-16(3-7-18)4-9-22(31)29-12-10-28(11-13-29)15-21-25-26-27-30(21)17-5-8-19(23)20(24)14-17/h2-3,5-8,14H,4,9-13,15H2,1H3. The molecule has 1 saturated heterocycles. The van der Waals surface area contributed by atoms with E-state index in [4.69, 9.17) is 4.74 Å². The molecule has 0 saturated carbocycles. The van der Waals surface area contributed by atoms with Crippen molar-refractivity contribution < 1.29 is 18.3 Å². The van der Waals surface area contributed by atoms with Gasteiger partial charge in [0.25, 0.3) is 0 Å². The summed E-state index contributed by atoms with van der Waals surface area (Å²) in [4.78, 5) is 16.6. The Hall–Kier alpha value is -3.40. The third kappa shape index (κ3) is 5.08. The molecule has 0 atom stereocenters. The van der Waals surface area contributed by atoms with Gasteiger partial charge in [-0.2, -0.15) is 4.68 Å². The van der Waals surface area contributed by atoms with Crippen LogP contribution in [0.1, 0.15) is 17.8 Å². The normalized spacial score (nSPS) is 14.5. The number of aromatic nitrogens is 4. The number of hydrogen-bond donors (Lipinski definition) is 0. The molecular weight excluding hydrogens is 418 g/mol. The number of tetrazole rings is 1. The van der Waals surface area contributed by atoms with Gasteiger partial charge >= 0.3 is 0 Å². The zero-order chi connectivity index (χ0) is 22.5. The van der Waals surface area contributed by atoms with Crippen LogP contribution in [0.5, 0.6) is 5.75 Å². The molecule has 168 valence electrons. The van der Waals surface area contributed by atoms with Gasteiger partial charge in [0.1, 0.15) is 5.75 Å². The zero-order valence-electron chi connectivity index (χ0n) is 17.7. The molecule has 0 aliphatic carbocycles. The number of carbonyl (C=O) groups is 1. The number of ether oxygens (including phenoxy) is 1. The molecule has 1 aliphatic rings. The molecule has 3 aromatic rings. The number of amides is 1. The number of piperazine rings is 1. The molecule has 4 rings (SSSR count). The molecular formula is C22H24F2N6O2. The second-order valence-electron chi connectivity index (χ2n) is 7.61. The number of methoxy groups -OCH3 is 1. The maximum atomic E-state index is 13.6. The van der Waals surface area contributed by atoms with Gasteiger partial charge in [-0.1, -0.05) is 12.1 Å². The van der Waals surface area contributed by atoms with Gasteiger partial charge < -0.3 is 9.64 Å². The number of rotatable bonds is 7. The molecule has 1 aromatic heterocycles. The second kappa shape index (κ2) is 9.82. The summed E-state index contributed by atoms with van der Waals surface area (Å²) >= 11 is 0. The van der Waals surface area contributed by atoms with E-state index in [0.717, 1.165) is 23.4 Å². The highest BCUT2D eigenvalue weighted by molar-refractivity contribution is 5.76. The average molecular weight is 442 g/mol. The molecule has 8 nitrogen and oxygen atoms in total. The molecule has 2 aromatic carbocycles. The first-order valence-corrected chi connectivity index (χ1v) is 10.4. The molecule has 0 N–H and O–H groups in total. The minimum Gasteiger partial charge on any atom is -0.497 e. The Balaban J connectivity index is 1.28. The smallest absolute Gasteiger partial charge is 0.222 e. The summed E-state index contributed by atoms with van der Waals surface area (Å²) in [5, 5.41) is 11.6. The largest absolute Gasteiger partial charge is 0.497 e. The second-order valence-corrected chi connectivity index (χ2v) is 7.61. The molecule has 0 unspecified atom stereocenters. The van der Waals surface area contributed by atoms with Gasteiger partial charge in [0.15, 0.2) is 17.5 Å². The third-order valence-electron chi connectivity index (χ3n) is 5.56. The summed E-state index contributed by atoms with van der Waals surface area (Å²) in [7, 11) is 1.63. The number of carbonyl (C=O) groups excluding carboxylic acids is 1. The first kappa shape index (κ1) is 21.8. The lowest BCUT2D eigenvalue weighted by molar-refractivity contribution is -0.133. The van der Waals surface area contributed by atoms with Crippen LogP contribution in [0, 0.1) is 11.6 Å². The van der Waals surface area contributed by atoms with Crippen molar-refractivity contribution in [1.29, 1.82) is 0 Å². The van der Waals surface area contributed by atoms with Gasteiger partial charge in [-0.15, -0.1) is 5.10 Å². The fourth-order valence-corrected chi connectivity index (χ4v) is 3.68. The van der Waals surface area contributed by atoms with Crippen molar-refractivity contribution in [2.75, 3.05) is 33.3 Å². The quantitative estimate of drug-likeness (QED) is 0.559. The van der Waals surface area contributed by atoms with E-state index < -0.39 is 11.6 Å². The van der Waals surface area contributed by atoms with E-state index >= 15 is 0 Å². The molecule has 1 amide bonds. The van der Waals surface area contributed by atoms with Gasteiger partial charge in [-0.05, 0) is 46.7 Å². The van der Waals surface area contributed by atoms with Crippen LogP contribution in [-0.2, 0) is 17.8 Å². The average Bonchev–Trinajstić information content (AvgIpc) is 3.28. The Labute approximate surface area is 184 Å². The van der Waals surface area contributed by atoms with Crippen LogP contribution in [-0.4, -0.2) is 69.2 Å². The summed E-state index contributed by atoms with van der Waals surface area (Å²) < 4.78 is 33.3. The van der Waals surface area contributed by atoms with Crippen molar-refractivity contribution in [1.82, 2.24) is 30.0 Å². The number of hydrogen-bond acceptors (Lipinski definition) is 6. The fraction of sp³-hybridized carbons (Fsp3) is 0.364. The van der Waals surface area contributed by atoms with Gasteiger partial charge in [0.2, 0.25) is 5.91 Å². The van der Waals surface area contributed by atoms with E-state index in [0.29, 0.717) is 57.1 Å². The summed E-state index contributed by atoms with van der Waals surface area (Å²) in [6, 6.07) is 11.3. The van der Waals surface area contributed by atoms with E-state index in [9.17, 15) is 13.6 Å². The topological polar surface area (TPSA) is 76.4 Å². The van der Waals surface area contributed by atoms with E-state index in [-0.39, 0.29) is 5.91 Å². The maximum absolute atomic E-state index is 13.6. The van der Waals surface area contributed by atoms with Crippen LogP contribution in [0.15, 0.2) is 42.5 Å². The molecule has 32 heavy (non-hydrogen) atoms. The Bertz CT molecular complexity index is 1060.